The molecule has 1 aromatic heterocycles. The zero-order valence-electron chi connectivity index (χ0n) is 13.9. The van der Waals surface area contributed by atoms with Crippen molar-refractivity contribution in [2.75, 3.05) is 11.5 Å². The first-order valence-electron chi connectivity index (χ1n) is 7.82. The highest BCUT2D eigenvalue weighted by atomic mass is 19.1. The van der Waals surface area contributed by atoms with E-state index in [-0.39, 0.29) is 18.1 Å². The third kappa shape index (κ3) is 2.97. The fourth-order valence-corrected chi connectivity index (χ4v) is 2.94. The first-order valence-corrected chi connectivity index (χ1v) is 7.82. The normalized spacial score (nSPS) is 13.5. The van der Waals surface area contributed by atoms with E-state index in [0.29, 0.717) is 13.2 Å². The summed E-state index contributed by atoms with van der Waals surface area (Å²) in [6, 6.07) is 4.81. The fraction of sp³-hybridized carbons (Fsp3) is 0.333. The van der Waals surface area contributed by atoms with Gasteiger partial charge in [-0.15, -0.1) is 0 Å². The van der Waals surface area contributed by atoms with Crippen LogP contribution in [0, 0.1) is 12.7 Å². The van der Waals surface area contributed by atoms with Crippen LogP contribution in [0.2, 0.25) is 0 Å². The van der Waals surface area contributed by atoms with Gasteiger partial charge in [0.05, 0.1) is 36.8 Å². The summed E-state index contributed by atoms with van der Waals surface area (Å²) >= 11 is 0. The second kappa shape index (κ2) is 6.57. The number of benzene rings is 1. The number of rotatable bonds is 4. The molecular weight excluding hydrogens is 309 g/mol. The lowest BCUT2D eigenvalue weighted by Crippen LogP contribution is -2.31. The first-order chi connectivity index (χ1) is 11.5. The second-order valence-electron chi connectivity index (χ2n) is 5.88. The van der Waals surface area contributed by atoms with Crippen molar-refractivity contribution in [1.29, 1.82) is 0 Å². The summed E-state index contributed by atoms with van der Waals surface area (Å²) in [5, 5.41) is 4.50. The van der Waals surface area contributed by atoms with E-state index in [9.17, 15) is 9.18 Å². The molecule has 3 rings (SSSR count). The molecule has 0 spiro atoms. The highest BCUT2D eigenvalue weighted by molar-refractivity contribution is 6.01. The monoisotopic (exact) mass is 329 g/mol. The molecule has 24 heavy (non-hydrogen) atoms. The molecule has 2 aromatic rings. The number of carbonyl (C=O) groups is 1. The van der Waals surface area contributed by atoms with Crippen molar-refractivity contribution in [3.63, 3.8) is 0 Å². The van der Waals surface area contributed by atoms with Gasteiger partial charge < -0.3 is 9.64 Å². The average Bonchev–Trinajstić information content (AvgIpc) is 2.88. The Labute approximate surface area is 140 Å². The molecule has 2 heterocycles. The van der Waals surface area contributed by atoms with Crippen molar-refractivity contribution >= 4 is 11.6 Å². The summed E-state index contributed by atoms with van der Waals surface area (Å²) in [7, 11) is 1.83. The molecule has 6 heteroatoms. The molecule has 1 aliphatic heterocycles. The number of amides is 1. The largest absolute Gasteiger partial charge is 0.376 e. The Morgan fingerprint density at radius 1 is 1.54 bits per heavy atom. The van der Waals surface area contributed by atoms with E-state index in [1.807, 2.05) is 7.05 Å². The van der Waals surface area contributed by atoms with Crippen LogP contribution in [-0.4, -0.2) is 22.3 Å². The molecule has 126 valence electrons. The third-order valence-corrected chi connectivity index (χ3v) is 4.23. The lowest BCUT2D eigenvalue weighted by molar-refractivity contribution is -0.114. The van der Waals surface area contributed by atoms with Gasteiger partial charge in [0.25, 0.3) is 5.91 Å². The van der Waals surface area contributed by atoms with E-state index < -0.39 is 5.82 Å². The minimum atomic E-state index is -0.433. The van der Waals surface area contributed by atoms with Crippen LogP contribution in [0.4, 0.5) is 10.1 Å². The summed E-state index contributed by atoms with van der Waals surface area (Å²) in [5.74, 6) is -0.790. The van der Waals surface area contributed by atoms with Gasteiger partial charge in [0.1, 0.15) is 5.82 Å². The summed E-state index contributed by atoms with van der Waals surface area (Å²) < 4.78 is 21.6. The Balaban J connectivity index is 2.01. The van der Waals surface area contributed by atoms with Gasteiger partial charge in [-0.2, -0.15) is 5.10 Å². The van der Waals surface area contributed by atoms with Gasteiger partial charge in [-0.25, -0.2) is 4.39 Å². The highest BCUT2D eigenvalue weighted by Crippen LogP contribution is 2.26. The van der Waals surface area contributed by atoms with E-state index in [1.165, 1.54) is 17.0 Å². The minimum Gasteiger partial charge on any atom is -0.376 e. The second-order valence-corrected chi connectivity index (χ2v) is 5.88. The van der Waals surface area contributed by atoms with Crippen LogP contribution in [0.3, 0.4) is 0 Å². The molecule has 0 bridgehead atoms. The molecule has 0 fully saturated rings. The number of anilines is 1. The van der Waals surface area contributed by atoms with Gasteiger partial charge >= 0.3 is 0 Å². The Hall–Kier alpha value is -2.47. The minimum absolute atomic E-state index is 0.215. The number of halogens is 1. The molecule has 0 saturated heterocycles. The molecule has 0 saturated carbocycles. The maximum absolute atomic E-state index is 14.4. The molecule has 0 radical (unpaired) electrons. The summed E-state index contributed by atoms with van der Waals surface area (Å²) in [6.45, 7) is 6.66. The predicted molar refractivity (Wildman–Crippen MR) is 89.1 cm³/mol. The van der Waals surface area contributed by atoms with Gasteiger partial charge in [-0.05, 0) is 30.7 Å². The van der Waals surface area contributed by atoms with Crippen LogP contribution in [0.25, 0.3) is 0 Å². The number of ether oxygens (including phenoxy) is 1. The van der Waals surface area contributed by atoms with Gasteiger partial charge in [0, 0.05) is 19.0 Å². The van der Waals surface area contributed by atoms with E-state index in [2.05, 4.69) is 11.7 Å². The van der Waals surface area contributed by atoms with Gasteiger partial charge in [0.2, 0.25) is 0 Å². The Morgan fingerprint density at radius 3 is 3.04 bits per heavy atom. The predicted octanol–water partition coefficient (Wildman–Crippen LogP) is 2.66. The zero-order valence-corrected chi connectivity index (χ0v) is 13.9. The van der Waals surface area contributed by atoms with Crippen molar-refractivity contribution in [2.24, 2.45) is 7.05 Å². The summed E-state index contributed by atoms with van der Waals surface area (Å²) in [5.41, 5.74) is 3.85. The van der Waals surface area contributed by atoms with Crippen molar-refractivity contribution in [3.05, 3.63) is 59.2 Å². The third-order valence-electron chi connectivity index (χ3n) is 4.23. The van der Waals surface area contributed by atoms with Crippen LogP contribution < -0.4 is 4.90 Å². The van der Waals surface area contributed by atoms with Crippen LogP contribution in [0.5, 0.6) is 0 Å². The lowest BCUT2D eigenvalue weighted by Gasteiger charge is -2.23. The molecule has 1 aliphatic rings. The number of carbonyl (C=O) groups excluding carboxylic acids is 1. The maximum atomic E-state index is 14.4. The molecule has 1 aromatic carbocycles. The molecule has 1 amide bonds. The SMILES string of the molecule is C=CC(=O)N(Cc1c2c(nn1C)CCOC2)c1ccc(C)cc1F. The Bertz CT molecular complexity index is 798. The Kier molecular flexibility index (Phi) is 4.49. The van der Waals surface area contributed by atoms with Crippen molar-refractivity contribution in [3.8, 4) is 0 Å². The standard InChI is InChI=1S/C18H20FN3O2/c1-4-18(23)22(16-6-5-12(2)9-14(16)19)10-17-13-11-24-8-7-15(13)20-21(17)3/h4-6,9H,1,7-8,10-11H2,2-3H3. The van der Waals surface area contributed by atoms with Gasteiger partial charge in [-0.3, -0.25) is 9.48 Å². The molecule has 0 unspecified atom stereocenters. The van der Waals surface area contributed by atoms with Gasteiger partial charge in [0.15, 0.2) is 0 Å². The zero-order chi connectivity index (χ0) is 17.3. The van der Waals surface area contributed by atoms with E-state index in [0.717, 1.165) is 28.9 Å². The number of nitrogens with zero attached hydrogens (tertiary/aromatic N) is 3. The van der Waals surface area contributed by atoms with E-state index >= 15 is 0 Å². The van der Waals surface area contributed by atoms with E-state index in [1.54, 1.807) is 23.7 Å². The van der Waals surface area contributed by atoms with Crippen LogP contribution >= 0.6 is 0 Å². The van der Waals surface area contributed by atoms with Crippen LogP contribution in [-0.2, 0) is 36.2 Å². The summed E-state index contributed by atoms with van der Waals surface area (Å²) in [6.07, 6.45) is 1.94. The maximum Gasteiger partial charge on any atom is 0.250 e. The average molecular weight is 329 g/mol. The van der Waals surface area contributed by atoms with Crippen molar-refractivity contribution in [2.45, 2.75) is 26.5 Å². The van der Waals surface area contributed by atoms with E-state index in [4.69, 9.17) is 4.74 Å². The molecule has 0 N–H and O–H groups in total. The molecule has 5 nitrogen and oxygen atoms in total. The summed E-state index contributed by atoms with van der Waals surface area (Å²) in [4.78, 5) is 13.7. The smallest absolute Gasteiger partial charge is 0.250 e. The number of hydrogen-bond donors (Lipinski definition) is 0. The van der Waals surface area contributed by atoms with Crippen LogP contribution in [0.15, 0.2) is 30.9 Å². The van der Waals surface area contributed by atoms with Crippen LogP contribution in [0.1, 0.15) is 22.5 Å². The van der Waals surface area contributed by atoms with Crippen molar-refractivity contribution < 1.29 is 13.9 Å². The quantitative estimate of drug-likeness (QED) is 0.810. The lowest BCUT2D eigenvalue weighted by atomic mass is 10.1. The number of aromatic nitrogens is 2. The van der Waals surface area contributed by atoms with Crippen molar-refractivity contribution in [1.82, 2.24) is 9.78 Å². The molecule has 0 aliphatic carbocycles. The highest BCUT2D eigenvalue weighted by Gasteiger charge is 2.24. The number of hydrogen-bond acceptors (Lipinski definition) is 3. The molecular formula is C18H20FN3O2. The fourth-order valence-electron chi connectivity index (χ4n) is 2.94. The number of aryl methyl sites for hydroxylation is 2. The topological polar surface area (TPSA) is 47.4 Å². The first kappa shape index (κ1) is 16.4. The molecule has 0 atom stereocenters. The number of fused-ring (bicyclic) bond motifs is 1. The van der Waals surface area contributed by atoms with Gasteiger partial charge in [-0.1, -0.05) is 12.6 Å². The Morgan fingerprint density at radius 2 is 2.33 bits per heavy atom.